The molecule has 0 radical (unpaired) electrons. The lowest BCUT2D eigenvalue weighted by atomic mass is 10.1. The third-order valence-corrected chi connectivity index (χ3v) is 4.38. The van der Waals surface area contributed by atoms with Crippen LogP contribution in [0.5, 0.6) is 0 Å². The average Bonchev–Trinajstić information content (AvgIpc) is 3.03. The number of fused-ring (bicyclic) bond motifs is 1. The normalized spacial score (nSPS) is 17.4. The highest BCUT2D eigenvalue weighted by molar-refractivity contribution is 7.10. The Morgan fingerprint density at radius 2 is 2.28 bits per heavy atom. The van der Waals surface area contributed by atoms with Crippen molar-refractivity contribution in [1.82, 2.24) is 5.32 Å². The summed E-state index contributed by atoms with van der Waals surface area (Å²) in [7, 11) is 0. The molecule has 1 aliphatic rings. The SMILES string of the molecule is N#Cc1csc(CNC2CCc3ccccc32)c1. The van der Waals surface area contributed by atoms with Crippen molar-refractivity contribution in [3.05, 3.63) is 57.3 Å². The predicted octanol–water partition coefficient (Wildman–Crippen LogP) is 3.40. The van der Waals surface area contributed by atoms with Crippen LogP contribution in [0.4, 0.5) is 0 Å². The first kappa shape index (κ1) is 11.5. The molecule has 2 nitrogen and oxygen atoms in total. The van der Waals surface area contributed by atoms with Crippen LogP contribution in [0.25, 0.3) is 0 Å². The van der Waals surface area contributed by atoms with Crippen LogP contribution < -0.4 is 5.32 Å². The molecular weight excluding hydrogens is 240 g/mol. The molecule has 1 heterocycles. The van der Waals surface area contributed by atoms with Crippen molar-refractivity contribution in [3.63, 3.8) is 0 Å². The Morgan fingerprint density at radius 3 is 3.11 bits per heavy atom. The van der Waals surface area contributed by atoms with E-state index in [9.17, 15) is 0 Å². The van der Waals surface area contributed by atoms with Gasteiger partial charge in [0.25, 0.3) is 0 Å². The minimum atomic E-state index is 0.467. The molecule has 0 saturated heterocycles. The highest BCUT2D eigenvalue weighted by Crippen LogP contribution is 2.31. The van der Waals surface area contributed by atoms with Crippen LogP contribution in [0.15, 0.2) is 35.7 Å². The minimum absolute atomic E-state index is 0.467. The second kappa shape index (κ2) is 4.93. The monoisotopic (exact) mass is 254 g/mol. The maximum absolute atomic E-state index is 8.80. The second-order valence-corrected chi connectivity index (χ2v) is 5.58. The molecule has 90 valence electrons. The van der Waals surface area contributed by atoms with Gasteiger partial charge in [0.15, 0.2) is 0 Å². The molecule has 3 rings (SSSR count). The molecule has 1 aliphatic carbocycles. The minimum Gasteiger partial charge on any atom is -0.305 e. The highest BCUT2D eigenvalue weighted by atomic mass is 32.1. The molecule has 1 unspecified atom stereocenters. The zero-order valence-corrected chi connectivity index (χ0v) is 10.8. The summed E-state index contributed by atoms with van der Waals surface area (Å²) in [5.74, 6) is 0. The second-order valence-electron chi connectivity index (χ2n) is 4.58. The van der Waals surface area contributed by atoms with Gasteiger partial charge in [0.05, 0.1) is 5.56 Å². The number of hydrogen-bond acceptors (Lipinski definition) is 3. The number of thiophene rings is 1. The first-order chi connectivity index (χ1) is 8.86. The lowest BCUT2D eigenvalue weighted by Gasteiger charge is -2.13. The fourth-order valence-electron chi connectivity index (χ4n) is 2.52. The fourth-order valence-corrected chi connectivity index (χ4v) is 3.29. The van der Waals surface area contributed by atoms with Crippen LogP contribution in [0.2, 0.25) is 0 Å². The average molecular weight is 254 g/mol. The Hall–Kier alpha value is -1.63. The quantitative estimate of drug-likeness (QED) is 0.911. The van der Waals surface area contributed by atoms with Crippen molar-refractivity contribution in [2.24, 2.45) is 0 Å². The standard InChI is InChI=1S/C15H14N2S/c16-8-11-7-13(18-10-11)9-17-15-6-5-12-3-1-2-4-14(12)15/h1-4,7,10,15,17H,5-6,9H2. The van der Waals surface area contributed by atoms with Gasteiger partial charge in [0.2, 0.25) is 0 Å². The molecule has 1 N–H and O–H groups in total. The predicted molar refractivity (Wildman–Crippen MR) is 73.4 cm³/mol. The van der Waals surface area contributed by atoms with Gasteiger partial charge in [0.1, 0.15) is 6.07 Å². The Kier molecular flexibility index (Phi) is 3.14. The summed E-state index contributed by atoms with van der Waals surface area (Å²) in [6.07, 6.45) is 2.34. The molecule has 0 spiro atoms. The molecular formula is C15H14N2S. The zero-order valence-electron chi connectivity index (χ0n) is 10.0. The van der Waals surface area contributed by atoms with Gasteiger partial charge < -0.3 is 5.32 Å². The van der Waals surface area contributed by atoms with Gasteiger partial charge in [-0.05, 0) is 30.0 Å². The van der Waals surface area contributed by atoms with E-state index in [1.807, 2.05) is 11.4 Å². The van der Waals surface area contributed by atoms with E-state index >= 15 is 0 Å². The van der Waals surface area contributed by atoms with Crippen molar-refractivity contribution in [2.45, 2.75) is 25.4 Å². The van der Waals surface area contributed by atoms with Crippen LogP contribution in [-0.2, 0) is 13.0 Å². The van der Waals surface area contributed by atoms with Gasteiger partial charge in [0, 0.05) is 22.8 Å². The summed E-state index contributed by atoms with van der Waals surface area (Å²) < 4.78 is 0. The van der Waals surface area contributed by atoms with Crippen LogP contribution in [-0.4, -0.2) is 0 Å². The fraction of sp³-hybridized carbons (Fsp3) is 0.267. The molecule has 1 aromatic carbocycles. The van der Waals surface area contributed by atoms with E-state index in [1.165, 1.54) is 28.8 Å². The van der Waals surface area contributed by atoms with Gasteiger partial charge in [-0.1, -0.05) is 24.3 Å². The number of rotatable bonds is 3. The zero-order chi connectivity index (χ0) is 12.4. The van der Waals surface area contributed by atoms with Crippen LogP contribution in [0.1, 0.15) is 34.0 Å². The Balaban J connectivity index is 1.67. The van der Waals surface area contributed by atoms with Crippen molar-refractivity contribution in [2.75, 3.05) is 0 Å². The van der Waals surface area contributed by atoms with E-state index in [0.29, 0.717) is 6.04 Å². The Labute approximate surface area is 111 Å². The lowest BCUT2D eigenvalue weighted by Crippen LogP contribution is -2.17. The molecule has 0 bridgehead atoms. The van der Waals surface area contributed by atoms with E-state index in [2.05, 4.69) is 35.7 Å². The van der Waals surface area contributed by atoms with Gasteiger partial charge >= 0.3 is 0 Å². The van der Waals surface area contributed by atoms with E-state index in [-0.39, 0.29) is 0 Å². The molecule has 0 fully saturated rings. The van der Waals surface area contributed by atoms with Gasteiger partial charge in [-0.15, -0.1) is 11.3 Å². The van der Waals surface area contributed by atoms with Crippen LogP contribution >= 0.6 is 11.3 Å². The Morgan fingerprint density at radius 1 is 1.39 bits per heavy atom. The molecule has 1 aromatic heterocycles. The van der Waals surface area contributed by atoms with Crippen molar-refractivity contribution in [1.29, 1.82) is 5.26 Å². The molecule has 0 saturated carbocycles. The largest absolute Gasteiger partial charge is 0.305 e. The molecule has 18 heavy (non-hydrogen) atoms. The van der Waals surface area contributed by atoms with Crippen LogP contribution in [0.3, 0.4) is 0 Å². The highest BCUT2D eigenvalue weighted by Gasteiger charge is 2.21. The first-order valence-corrected chi connectivity index (χ1v) is 7.03. The number of benzene rings is 1. The van der Waals surface area contributed by atoms with E-state index in [1.54, 1.807) is 11.3 Å². The van der Waals surface area contributed by atoms with E-state index in [4.69, 9.17) is 5.26 Å². The van der Waals surface area contributed by atoms with Gasteiger partial charge in [-0.2, -0.15) is 5.26 Å². The third kappa shape index (κ3) is 2.17. The summed E-state index contributed by atoms with van der Waals surface area (Å²) >= 11 is 1.65. The number of nitrogens with one attached hydrogen (secondary N) is 1. The summed E-state index contributed by atoms with van der Waals surface area (Å²) in [5, 5.41) is 14.3. The number of hydrogen-bond donors (Lipinski definition) is 1. The summed E-state index contributed by atoms with van der Waals surface area (Å²) in [6, 6.07) is 13.3. The number of aryl methyl sites for hydroxylation is 1. The number of nitrogens with zero attached hydrogens (tertiary/aromatic N) is 1. The smallest absolute Gasteiger partial charge is 0.100 e. The summed E-state index contributed by atoms with van der Waals surface area (Å²) in [6.45, 7) is 0.853. The van der Waals surface area contributed by atoms with Crippen molar-refractivity contribution < 1.29 is 0 Å². The van der Waals surface area contributed by atoms with Gasteiger partial charge in [-0.25, -0.2) is 0 Å². The molecule has 0 aliphatic heterocycles. The third-order valence-electron chi connectivity index (χ3n) is 3.44. The molecule has 0 amide bonds. The summed E-state index contributed by atoms with van der Waals surface area (Å²) in [5.41, 5.74) is 3.68. The molecule has 1 atom stereocenters. The maximum Gasteiger partial charge on any atom is 0.100 e. The van der Waals surface area contributed by atoms with E-state index in [0.717, 1.165) is 12.1 Å². The van der Waals surface area contributed by atoms with E-state index < -0.39 is 0 Å². The maximum atomic E-state index is 8.80. The Bertz CT molecular complexity index is 595. The first-order valence-electron chi connectivity index (χ1n) is 6.15. The molecule has 2 aromatic rings. The van der Waals surface area contributed by atoms with Crippen molar-refractivity contribution >= 4 is 11.3 Å². The number of nitriles is 1. The van der Waals surface area contributed by atoms with Crippen molar-refractivity contribution in [3.8, 4) is 6.07 Å². The van der Waals surface area contributed by atoms with Gasteiger partial charge in [-0.3, -0.25) is 0 Å². The topological polar surface area (TPSA) is 35.8 Å². The lowest BCUT2D eigenvalue weighted by molar-refractivity contribution is 0.533. The molecule has 3 heteroatoms. The van der Waals surface area contributed by atoms with Crippen LogP contribution in [0, 0.1) is 11.3 Å². The summed E-state index contributed by atoms with van der Waals surface area (Å²) in [4.78, 5) is 1.23.